The fourth-order valence-electron chi connectivity index (χ4n) is 1.77. The van der Waals surface area contributed by atoms with E-state index in [4.69, 9.17) is 4.74 Å². The molecule has 0 aliphatic carbocycles. The second kappa shape index (κ2) is 5.40. The summed E-state index contributed by atoms with van der Waals surface area (Å²) in [5.41, 5.74) is 0.711. The van der Waals surface area contributed by atoms with E-state index in [1.165, 1.54) is 43.5 Å². The Bertz CT molecular complexity index is 608. The van der Waals surface area contributed by atoms with E-state index in [2.05, 4.69) is 4.74 Å². The topological polar surface area (TPSA) is 18.5 Å². The minimum Gasteiger partial charge on any atom is -0.496 e. The maximum atomic E-state index is 13.3. The highest BCUT2D eigenvalue weighted by atomic mass is 19.4. The lowest BCUT2D eigenvalue weighted by Crippen LogP contribution is -2.17. The van der Waals surface area contributed by atoms with Crippen LogP contribution in [0.5, 0.6) is 11.5 Å². The predicted molar refractivity (Wildman–Crippen MR) is 65.1 cm³/mol. The Morgan fingerprint density at radius 2 is 1.75 bits per heavy atom. The fourth-order valence-corrected chi connectivity index (χ4v) is 1.77. The number of alkyl halides is 3. The van der Waals surface area contributed by atoms with Crippen molar-refractivity contribution in [3.05, 3.63) is 48.3 Å². The Balaban J connectivity index is 2.43. The lowest BCUT2D eigenvalue weighted by atomic mass is 10.0. The van der Waals surface area contributed by atoms with E-state index in [0.29, 0.717) is 16.9 Å². The van der Waals surface area contributed by atoms with E-state index in [9.17, 15) is 17.6 Å². The molecular formula is C14H10F4O2. The van der Waals surface area contributed by atoms with Gasteiger partial charge in [0, 0.05) is 5.56 Å². The van der Waals surface area contributed by atoms with E-state index in [0.717, 1.165) is 0 Å². The molecule has 0 atom stereocenters. The maximum absolute atomic E-state index is 13.3. The molecule has 2 nitrogen and oxygen atoms in total. The Morgan fingerprint density at radius 3 is 2.40 bits per heavy atom. The van der Waals surface area contributed by atoms with Crippen molar-refractivity contribution in [3.63, 3.8) is 0 Å². The molecule has 2 rings (SSSR count). The van der Waals surface area contributed by atoms with Gasteiger partial charge in [-0.1, -0.05) is 12.1 Å². The van der Waals surface area contributed by atoms with E-state index in [1.807, 2.05) is 0 Å². The molecule has 2 aromatic carbocycles. The Kier molecular flexibility index (Phi) is 3.83. The van der Waals surface area contributed by atoms with Gasteiger partial charge in [-0.3, -0.25) is 0 Å². The van der Waals surface area contributed by atoms with Crippen molar-refractivity contribution in [2.45, 2.75) is 6.36 Å². The third-order valence-corrected chi connectivity index (χ3v) is 2.54. The molecular weight excluding hydrogens is 276 g/mol. The van der Waals surface area contributed by atoms with Crippen LogP contribution < -0.4 is 9.47 Å². The van der Waals surface area contributed by atoms with Gasteiger partial charge in [0.05, 0.1) is 7.11 Å². The van der Waals surface area contributed by atoms with E-state index in [1.54, 1.807) is 6.07 Å². The van der Waals surface area contributed by atoms with Crippen molar-refractivity contribution >= 4 is 0 Å². The fraction of sp³-hybridized carbons (Fsp3) is 0.143. The third kappa shape index (κ3) is 3.40. The second-order valence-corrected chi connectivity index (χ2v) is 3.92. The van der Waals surface area contributed by atoms with Crippen molar-refractivity contribution in [1.29, 1.82) is 0 Å². The summed E-state index contributed by atoms with van der Waals surface area (Å²) in [6, 6.07) is 9.07. The molecule has 0 amide bonds. The third-order valence-electron chi connectivity index (χ3n) is 2.54. The zero-order chi connectivity index (χ0) is 14.8. The van der Waals surface area contributed by atoms with Gasteiger partial charge in [-0.05, 0) is 35.9 Å². The van der Waals surface area contributed by atoms with Crippen LogP contribution in [-0.4, -0.2) is 13.5 Å². The molecule has 0 aliphatic rings. The van der Waals surface area contributed by atoms with E-state index < -0.39 is 12.2 Å². The first-order chi connectivity index (χ1) is 9.39. The van der Waals surface area contributed by atoms with Crippen LogP contribution in [0.3, 0.4) is 0 Å². The van der Waals surface area contributed by atoms with Crippen LogP contribution in [0.2, 0.25) is 0 Å². The Labute approximate surface area is 112 Å². The highest BCUT2D eigenvalue weighted by Crippen LogP contribution is 2.33. The predicted octanol–water partition coefficient (Wildman–Crippen LogP) is 4.40. The number of halogens is 4. The minimum atomic E-state index is -4.77. The van der Waals surface area contributed by atoms with Crippen LogP contribution in [0, 0.1) is 5.82 Å². The van der Waals surface area contributed by atoms with Gasteiger partial charge in [0.25, 0.3) is 0 Å². The molecule has 0 heterocycles. The van der Waals surface area contributed by atoms with Crippen LogP contribution in [-0.2, 0) is 0 Å². The average Bonchev–Trinajstić information content (AvgIpc) is 2.37. The summed E-state index contributed by atoms with van der Waals surface area (Å²) in [6.45, 7) is 0. The van der Waals surface area contributed by atoms with Crippen molar-refractivity contribution < 1.29 is 27.0 Å². The molecule has 0 aromatic heterocycles. The van der Waals surface area contributed by atoms with Gasteiger partial charge in [0.1, 0.15) is 17.3 Å². The molecule has 0 fully saturated rings. The van der Waals surface area contributed by atoms with Crippen molar-refractivity contribution in [2.24, 2.45) is 0 Å². The smallest absolute Gasteiger partial charge is 0.496 e. The molecule has 0 saturated carbocycles. The monoisotopic (exact) mass is 286 g/mol. The van der Waals surface area contributed by atoms with Crippen molar-refractivity contribution in [3.8, 4) is 22.6 Å². The van der Waals surface area contributed by atoms with E-state index in [-0.39, 0.29) is 5.75 Å². The van der Waals surface area contributed by atoms with Crippen LogP contribution >= 0.6 is 0 Å². The standard InChI is InChI=1S/C14H10F4O2/c1-19-13-6-5-10(15)8-12(13)9-3-2-4-11(7-9)20-14(16,17)18/h2-8H,1H3. The SMILES string of the molecule is COc1ccc(F)cc1-c1cccc(OC(F)(F)F)c1. The maximum Gasteiger partial charge on any atom is 0.573 e. The first-order valence-corrected chi connectivity index (χ1v) is 5.59. The van der Waals surface area contributed by atoms with Crippen LogP contribution in [0.4, 0.5) is 17.6 Å². The molecule has 0 saturated heterocycles. The molecule has 0 aliphatic heterocycles. The zero-order valence-corrected chi connectivity index (χ0v) is 10.4. The number of rotatable bonds is 3. The number of benzene rings is 2. The van der Waals surface area contributed by atoms with Crippen molar-refractivity contribution in [2.75, 3.05) is 7.11 Å². The molecule has 6 heteroatoms. The molecule has 20 heavy (non-hydrogen) atoms. The van der Waals surface area contributed by atoms with Crippen LogP contribution in [0.15, 0.2) is 42.5 Å². The first-order valence-electron chi connectivity index (χ1n) is 5.59. The summed E-state index contributed by atoms with van der Waals surface area (Å²) in [6.07, 6.45) is -4.77. The molecule has 0 N–H and O–H groups in total. The average molecular weight is 286 g/mol. The first kappa shape index (κ1) is 14.2. The Morgan fingerprint density at radius 1 is 1.00 bits per heavy atom. The summed E-state index contributed by atoms with van der Waals surface area (Å²) >= 11 is 0. The summed E-state index contributed by atoms with van der Waals surface area (Å²) in [4.78, 5) is 0. The molecule has 0 spiro atoms. The minimum absolute atomic E-state index is 0.347. The largest absolute Gasteiger partial charge is 0.573 e. The van der Waals surface area contributed by atoms with Crippen LogP contribution in [0.1, 0.15) is 0 Å². The van der Waals surface area contributed by atoms with Gasteiger partial charge in [0.15, 0.2) is 0 Å². The molecule has 2 aromatic rings. The summed E-state index contributed by atoms with van der Waals surface area (Å²) in [5, 5.41) is 0. The van der Waals surface area contributed by atoms with Crippen molar-refractivity contribution in [1.82, 2.24) is 0 Å². The summed E-state index contributed by atoms with van der Waals surface area (Å²) in [7, 11) is 1.40. The molecule has 0 unspecified atom stereocenters. The van der Waals surface area contributed by atoms with Gasteiger partial charge < -0.3 is 9.47 Å². The second-order valence-electron chi connectivity index (χ2n) is 3.92. The van der Waals surface area contributed by atoms with Gasteiger partial charge in [-0.25, -0.2) is 4.39 Å². The van der Waals surface area contributed by atoms with Gasteiger partial charge in [-0.2, -0.15) is 0 Å². The highest BCUT2D eigenvalue weighted by Gasteiger charge is 2.31. The lowest BCUT2D eigenvalue weighted by Gasteiger charge is -2.12. The quantitative estimate of drug-likeness (QED) is 0.779. The zero-order valence-electron chi connectivity index (χ0n) is 10.4. The van der Waals surface area contributed by atoms with Gasteiger partial charge >= 0.3 is 6.36 Å². The number of methoxy groups -OCH3 is 1. The summed E-state index contributed by atoms with van der Waals surface area (Å²) in [5.74, 6) is -0.528. The molecule has 0 radical (unpaired) electrons. The highest BCUT2D eigenvalue weighted by molar-refractivity contribution is 5.71. The van der Waals surface area contributed by atoms with Crippen LogP contribution in [0.25, 0.3) is 11.1 Å². The molecule has 0 bridgehead atoms. The van der Waals surface area contributed by atoms with Gasteiger partial charge in [-0.15, -0.1) is 13.2 Å². The number of hydrogen-bond donors (Lipinski definition) is 0. The van der Waals surface area contributed by atoms with Gasteiger partial charge in [0.2, 0.25) is 0 Å². The number of hydrogen-bond acceptors (Lipinski definition) is 2. The van der Waals surface area contributed by atoms with E-state index >= 15 is 0 Å². The normalized spacial score (nSPS) is 11.2. The molecule has 106 valence electrons. The number of ether oxygens (including phenoxy) is 2. The summed E-state index contributed by atoms with van der Waals surface area (Å²) < 4.78 is 58.7. The Hall–Kier alpha value is -2.24. The lowest BCUT2D eigenvalue weighted by molar-refractivity contribution is -0.274.